The highest BCUT2D eigenvalue weighted by atomic mass is 16.5. The molecule has 0 aliphatic rings. The van der Waals surface area contributed by atoms with E-state index in [0.29, 0.717) is 17.0 Å². The highest BCUT2D eigenvalue weighted by Gasteiger charge is 2.09. The van der Waals surface area contributed by atoms with Crippen LogP contribution in [0.25, 0.3) is 6.08 Å². The first kappa shape index (κ1) is 17.2. The highest BCUT2D eigenvalue weighted by molar-refractivity contribution is 6.07. The third kappa shape index (κ3) is 4.08. The van der Waals surface area contributed by atoms with Gasteiger partial charge in [-0.2, -0.15) is 0 Å². The summed E-state index contributed by atoms with van der Waals surface area (Å²) in [6.07, 6.45) is 4.65. The zero-order valence-corrected chi connectivity index (χ0v) is 14.1. The van der Waals surface area contributed by atoms with Gasteiger partial charge in [-0.05, 0) is 54.6 Å². The number of benzene rings is 2. The Balaban J connectivity index is 1.67. The van der Waals surface area contributed by atoms with Gasteiger partial charge in [-0.15, -0.1) is 0 Å². The molecule has 1 N–H and O–H groups in total. The summed E-state index contributed by atoms with van der Waals surface area (Å²) in [7, 11) is 1.59. The third-order valence-corrected chi connectivity index (χ3v) is 3.73. The molecule has 0 unspecified atom stereocenters. The number of ketones is 1. The van der Waals surface area contributed by atoms with Crippen LogP contribution in [0, 0.1) is 0 Å². The van der Waals surface area contributed by atoms with Gasteiger partial charge in [-0.1, -0.05) is 18.2 Å². The van der Waals surface area contributed by atoms with Crippen molar-refractivity contribution in [1.82, 2.24) is 0 Å². The summed E-state index contributed by atoms with van der Waals surface area (Å²) in [4.78, 5) is 24.2. The van der Waals surface area contributed by atoms with Crippen LogP contribution < -0.4 is 10.1 Å². The average Bonchev–Trinajstić information content (AvgIpc) is 3.22. The maximum atomic E-state index is 12.3. The van der Waals surface area contributed by atoms with Gasteiger partial charge in [0.15, 0.2) is 11.5 Å². The zero-order chi connectivity index (χ0) is 18.4. The number of carbonyl (C=O) groups excluding carboxylic acids is 2. The molecule has 5 nitrogen and oxygen atoms in total. The summed E-state index contributed by atoms with van der Waals surface area (Å²) in [6.45, 7) is 0. The first-order chi connectivity index (χ1) is 12.7. The molecule has 1 amide bonds. The van der Waals surface area contributed by atoms with E-state index in [1.165, 1.54) is 12.3 Å². The van der Waals surface area contributed by atoms with E-state index >= 15 is 0 Å². The van der Waals surface area contributed by atoms with Crippen molar-refractivity contribution in [2.24, 2.45) is 0 Å². The highest BCUT2D eigenvalue weighted by Crippen LogP contribution is 2.19. The number of methoxy groups -OCH3 is 1. The summed E-state index contributed by atoms with van der Waals surface area (Å²) in [5, 5.41) is 2.70. The van der Waals surface area contributed by atoms with E-state index in [1.807, 2.05) is 24.3 Å². The molecule has 0 saturated heterocycles. The van der Waals surface area contributed by atoms with Gasteiger partial charge in [-0.3, -0.25) is 9.59 Å². The Morgan fingerprint density at radius 2 is 1.77 bits per heavy atom. The van der Waals surface area contributed by atoms with Crippen molar-refractivity contribution in [1.29, 1.82) is 0 Å². The topological polar surface area (TPSA) is 68.5 Å². The molecule has 0 bridgehead atoms. The number of carbonyl (C=O) groups is 2. The van der Waals surface area contributed by atoms with E-state index in [0.717, 1.165) is 5.56 Å². The Hall–Kier alpha value is -3.60. The molecule has 1 aromatic heterocycles. The van der Waals surface area contributed by atoms with E-state index in [-0.39, 0.29) is 17.5 Å². The minimum atomic E-state index is -0.342. The summed E-state index contributed by atoms with van der Waals surface area (Å²) in [5.41, 5.74) is 1.93. The molecule has 1 heterocycles. The van der Waals surface area contributed by atoms with Gasteiger partial charge >= 0.3 is 0 Å². The molecule has 26 heavy (non-hydrogen) atoms. The molecule has 0 saturated carbocycles. The van der Waals surface area contributed by atoms with Crippen LogP contribution in [0.5, 0.6) is 5.75 Å². The number of allylic oxidation sites excluding steroid dienone is 1. The van der Waals surface area contributed by atoms with Crippen molar-refractivity contribution < 1.29 is 18.7 Å². The molecular formula is C21H17NO4. The maximum absolute atomic E-state index is 12.3. The Morgan fingerprint density at radius 3 is 2.46 bits per heavy atom. The lowest BCUT2D eigenvalue weighted by Gasteiger charge is -2.04. The van der Waals surface area contributed by atoms with E-state index in [4.69, 9.17) is 9.15 Å². The van der Waals surface area contributed by atoms with Gasteiger partial charge in [-0.25, -0.2) is 0 Å². The SMILES string of the molecule is COc1ccccc1/C=C/C(=O)c1ccc(NC(=O)c2ccco2)cc1. The number of furan rings is 1. The molecule has 3 rings (SSSR count). The van der Waals surface area contributed by atoms with Crippen LogP contribution in [-0.4, -0.2) is 18.8 Å². The van der Waals surface area contributed by atoms with E-state index in [2.05, 4.69) is 5.32 Å². The van der Waals surface area contributed by atoms with Crippen molar-refractivity contribution >= 4 is 23.5 Å². The van der Waals surface area contributed by atoms with Crippen LogP contribution in [0.3, 0.4) is 0 Å². The fourth-order valence-electron chi connectivity index (χ4n) is 2.38. The summed E-state index contributed by atoms with van der Waals surface area (Å²) in [6, 6.07) is 17.3. The van der Waals surface area contributed by atoms with Gasteiger partial charge in [0.2, 0.25) is 0 Å². The second-order valence-electron chi connectivity index (χ2n) is 5.45. The van der Waals surface area contributed by atoms with Gasteiger partial charge < -0.3 is 14.5 Å². The number of para-hydroxylation sites is 1. The lowest BCUT2D eigenvalue weighted by Crippen LogP contribution is -2.10. The fourth-order valence-corrected chi connectivity index (χ4v) is 2.38. The minimum absolute atomic E-state index is 0.139. The monoisotopic (exact) mass is 347 g/mol. The second-order valence-corrected chi connectivity index (χ2v) is 5.45. The number of rotatable bonds is 6. The number of hydrogen-bond donors (Lipinski definition) is 1. The first-order valence-corrected chi connectivity index (χ1v) is 7.98. The van der Waals surface area contributed by atoms with Crippen LogP contribution in [0.4, 0.5) is 5.69 Å². The van der Waals surface area contributed by atoms with E-state index in [1.54, 1.807) is 49.6 Å². The standard InChI is InChI=1S/C21H17NO4/c1-25-19-6-3-2-5-16(19)10-13-18(23)15-8-11-17(12-9-15)22-21(24)20-7-4-14-26-20/h2-14H,1H3,(H,22,24)/b13-10+. The molecule has 2 aromatic carbocycles. The smallest absolute Gasteiger partial charge is 0.291 e. The molecule has 5 heteroatoms. The fraction of sp³-hybridized carbons (Fsp3) is 0.0476. The Kier molecular flexibility index (Phi) is 5.29. The predicted molar refractivity (Wildman–Crippen MR) is 99.5 cm³/mol. The van der Waals surface area contributed by atoms with Crippen molar-refractivity contribution in [3.8, 4) is 5.75 Å². The molecule has 0 aliphatic carbocycles. The lowest BCUT2D eigenvalue weighted by atomic mass is 10.1. The zero-order valence-electron chi connectivity index (χ0n) is 14.1. The Morgan fingerprint density at radius 1 is 1.00 bits per heavy atom. The van der Waals surface area contributed by atoms with Crippen LogP contribution in [0.2, 0.25) is 0 Å². The molecule has 0 atom stereocenters. The predicted octanol–water partition coefficient (Wildman–Crippen LogP) is 4.44. The second kappa shape index (κ2) is 7.98. The van der Waals surface area contributed by atoms with Gasteiger partial charge in [0.05, 0.1) is 13.4 Å². The van der Waals surface area contributed by atoms with Gasteiger partial charge in [0.1, 0.15) is 5.75 Å². The van der Waals surface area contributed by atoms with Gasteiger partial charge in [0, 0.05) is 16.8 Å². The molecular weight excluding hydrogens is 330 g/mol. The molecule has 0 aliphatic heterocycles. The number of anilines is 1. The largest absolute Gasteiger partial charge is 0.496 e. The Bertz CT molecular complexity index is 925. The molecule has 3 aromatic rings. The van der Waals surface area contributed by atoms with E-state index in [9.17, 15) is 9.59 Å². The number of nitrogens with one attached hydrogen (secondary N) is 1. The summed E-state index contributed by atoms with van der Waals surface area (Å²) >= 11 is 0. The van der Waals surface area contributed by atoms with Crippen LogP contribution in [0.15, 0.2) is 77.4 Å². The summed E-state index contributed by atoms with van der Waals surface area (Å²) < 4.78 is 10.3. The van der Waals surface area contributed by atoms with Crippen LogP contribution in [-0.2, 0) is 0 Å². The lowest BCUT2D eigenvalue weighted by molar-refractivity contribution is 0.0996. The number of hydrogen-bond acceptors (Lipinski definition) is 4. The van der Waals surface area contributed by atoms with Crippen molar-refractivity contribution in [2.45, 2.75) is 0 Å². The quantitative estimate of drug-likeness (QED) is 0.529. The minimum Gasteiger partial charge on any atom is -0.496 e. The normalized spacial score (nSPS) is 10.7. The van der Waals surface area contributed by atoms with Crippen molar-refractivity contribution in [3.63, 3.8) is 0 Å². The average molecular weight is 347 g/mol. The third-order valence-electron chi connectivity index (χ3n) is 3.73. The molecule has 0 fully saturated rings. The van der Waals surface area contributed by atoms with E-state index < -0.39 is 0 Å². The first-order valence-electron chi connectivity index (χ1n) is 7.98. The maximum Gasteiger partial charge on any atom is 0.291 e. The molecule has 0 radical (unpaired) electrons. The Labute approximate surface area is 150 Å². The molecule has 0 spiro atoms. The van der Waals surface area contributed by atoms with Crippen molar-refractivity contribution in [2.75, 3.05) is 12.4 Å². The number of ether oxygens (including phenoxy) is 1. The summed E-state index contributed by atoms with van der Waals surface area (Å²) in [5.74, 6) is 0.447. The van der Waals surface area contributed by atoms with Gasteiger partial charge in [0.25, 0.3) is 5.91 Å². The van der Waals surface area contributed by atoms with Crippen LogP contribution >= 0.6 is 0 Å². The molecule has 130 valence electrons. The van der Waals surface area contributed by atoms with Crippen molar-refractivity contribution in [3.05, 3.63) is 89.9 Å². The number of amides is 1. The van der Waals surface area contributed by atoms with Crippen LogP contribution in [0.1, 0.15) is 26.5 Å².